The number of nitrogen functional groups attached to an aromatic ring is 1. The number of ether oxygens (including phenoxy) is 1. The summed E-state index contributed by atoms with van der Waals surface area (Å²) in [7, 11) is 0. The Morgan fingerprint density at radius 2 is 2.29 bits per heavy atom. The van der Waals surface area contributed by atoms with Crippen LogP contribution in [0.5, 0.6) is 5.75 Å². The topological polar surface area (TPSA) is 66.0 Å². The Bertz CT molecular complexity index is 843. The molecule has 0 spiro atoms. The Morgan fingerprint density at radius 1 is 1.38 bits per heavy atom. The molecule has 2 N–H and O–H groups in total. The molecule has 106 valence electrons. The van der Waals surface area contributed by atoms with Crippen LogP contribution in [0, 0.1) is 0 Å². The molecule has 2 aromatic heterocycles. The molecule has 1 aliphatic heterocycles. The van der Waals surface area contributed by atoms with Crippen molar-refractivity contribution in [3.05, 3.63) is 46.1 Å². The van der Waals surface area contributed by atoms with Crippen molar-refractivity contribution >= 4 is 33.0 Å². The first-order valence-electron chi connectivity index (χ1n) is 6.73. The molecule has 4 rings (SSSR count). The van der Waals surface area contributed by atoms with E-state index in [0.29, 0.717) is 12.5 Å². The van der Waals surface area contributed by atoms with Gasteiger partial charge < -0.3 is 10.5 Å². The van der Waals surface area contributed by atoms with E-state index in [1.807, 2.05) is 16.7 Å². The summed E-state index contributed by atoms with van der Waals surface area (Å²) in [5, 5.41) is 0. The maximum Gasteiger partial charge on any atom is 0.202 e. The highest BCUT2D eigenvalue weighted by molar-refractivity contribution is 9.10. The standard InChI is InChI=1S/C15H13BrN4O/c16-11-6-9-3-5-21-13(9)10(7-11)8-20-14-12(19-15(20)17)2-1-4-18-14/h1-2,4,6-7H,3,5,8H2,(H2,17,19). The van der Waals surface area contributed by atoms with Crippen molar-refractivity contribution < 1.29 is 4.74 Å². The third-order valence-electron chi connectivity index (χ3n) is 3.69. The van der Waals surface area contributed by atoms with Crippen LogP contribution >= 0.6 is 15.9 Å². The van der Waals surface area contributed by atoms with Crippen LogP contribution in [0.15, 0.2) is 34.9 Å². The quantitative estimate of drug-likeness (QED) is 0.776. The fourth-order valence-corrected chi connectivity index (χ4v) is 3.32. The van der Waals surface area contributed by atoms with Gasteiger partial charge in [-0.3, -0.25) is 4.57 Å². The van der Waals surface area contributed by atoms with Crippen molar-refractivity contribution in [1.29, 1.82) is 0 Å². The lowest BCUT2D eigenvalue weighted by Gasteiger charge is -2.11. The molecule has 0 bridgehead atoms. The number of hydrogen-bond donors (Lipinski definition) is 1. The van der Waals surface area contributed by atoms with E-state index in [9.17, 15) is 0 Å². The van der Waals surface area contributed by atoms with Crippen molar-refractivity contribution in [3.8, 4) is 5.75 Å². The van der Waals surface area contributed by atoms with Crippen LogP contribution in [0.25, 0.3) is 11.2 Å². The summed E-state index contributed by atoms with van der Waals surface area (Å²) in [5.74, 6) is 1.44. The first kappa shape index (κ1) is 12.6. The Hall–Kier alpha value is -2.08. The van der Waals surface area contributed by atoms with E-state index in [1.165, 1.54) is 5.56 Å². The van der Waals surface area contributed by atoms with Crippen LogP contribution < -0.4 is 10.5 Å². The zero-order valence-electron chi connectivity index (χ0n) is 11.2. The van der Waals surface area contributed by atoms with Gasteiger partial charge in [-0.15, -0.1) is 0 Å². The lowest BCUT2D eigenvalue weighted by atomic mass is 10.1. The predicted molar refractivity (Wildman–Crippen MR) is 84.4 cm³/mol. The Labute approximate surface area is 129 Å². The highest BCUT2D eigenvalue weighted by Gasteiger charge is 2.19. The number of rotatable bonds is 2. The summed E-state index contributed by atoms with van der Waals surface area (Å²) in [6, 6.07) is 7.95. The van der Waals surface area contributed by atoms with Crippen molar-refractivity contribution in [2.75, 3.05) is 12.3 Å². The number of hydrogen-bond acceptors (Lipinski definition) is 4. The third-order valence-corrected chi connectivity index (χ3v) is 4.14. The summed E-state index contributed by atoms with van der Waals surface area (Å²) in [6.45, 7) is 1.33. The molecular formula is C15H13BrN4O. The lowest BCUT2D eigenvalue weighted by Crippen LogP contribution is -2.06. The number of aromatic nitrogens is 3. The van der Waals surface area contributed by atoms with Gasteiger partial charge in [-0.25, -0.2) is 9.97 Å². The smallest absolute Gasteiger partial charge is 0.202 e. The van der Waals surface area contributed by atoms with Crippen molar-refractivity contribution in [2.24, 2.45) is 0 Å². The number of imidazole rings is 1. The molecule has 0 unspecified atom stereocenters. The Kier molecular flexibility index (Phi) is 2.85. The molecule has 0 aliphatic carbocycles. The van der Waals surface area contributed by atoms with E-state index >= 15 is 0 Å². The second kappa shape index (κ2) is 4.73. The first-order valence-corrected chi connectivity index (χ1v) is 7.52. The van der Waals surface area contributed by atoms with Gasteiger partial charge in [-0.2, -0.15) is 0 Å². The molecule has 21 heavy (non-hydrogen) atoms. The fraction of sp³-hybridized carbons (Fsp3) is 0.200. The van der Waals surface area contributed by atoms with Crippen LogP contribution in [0.3, 0.4) is 0 Å². The Morgan fingerprint density at radius 3 is 3.19 bits per heavy atom. The molecule has 3 heterocycles. The minimum absolute atomic E-state index is 0.468. The monoisotopic (exact) mass is 344 g/mol. The second-order valence-electron chi connectivity index (χ2n) is 5.05. The van der Waals surface area contributed by atoms with Gasteiger partial charge in [-0.05, 0) is 29.8 Å². The van der Waals surface area contributed by atoms with Gasteiger partial charge in [0.1, 0.15) is 11.3 Å². The number of benzene rings is 1. The highest BCUT2D eigenvalue weighted by atomic mass is 79.9. The molecule has 0 amide bonds. The van der Waals surface area contributed by atoms with Crippen LogP contribution in [0.1, 0.15) is 11.1 Å². The molecule has 0 saturated heterocycles. The first-order chi connectivity index (χ1) is 10.2. The molecule has 0 atom stereocenters. The van der Waals surface area contributed by atoms with Crippen LogP contribution in [-0.2, 0) is 13.0 Å². The average Bonchev–Trinajstić information content (AvgIpc) is 3.04. The van der Waals surface area contributed by atoms with Crippen LogP contribution in [-0.4, -0.2) is 21.1 Å². The molecule has 1 aliphatic rings. The number of nitrogens with zero attached hydrogens (tertiary/aromatic N) is 3. The number of halogens is 1. The molecule has 0 radical (unpaired) electrons. The van der Waals surface area contributed by atoms with Crippen LogP contribution in [0.4, 0.5) is 5.95 Å². The number of nitrogens with two attached hydrogens (primary N) is 1. The van der Waals surface area contributed by atoms with Gasteiger partial charge in [0.2, 0.25) is 5.95 Å². The summed E-state index contributed by atoms with van der Waals surface area (Å²) in [6.07, 6.45) is 2.70. The minimum Gasteiger partial charge on any atom is -0.493 e. The summed E-state index contributed by atoms with van der Waals surface area (Å²) < 4.78 is 8.74. The SMILES string of the molecule is Nc1nc2cccnc2n1Cc1cc(Br)cc2c1OCC2. The van der Waals surface area contributed by atoms with Crippen LogP contribution in [0.2, 0.25) is 0 Å². The van der Waals surface area contributed by atoms with E-state index in [1.54, 1.807) is 6.20 Å². The summed E-state index contributed by atoms with van der Waals surface area (Å²) in [4.78, 5) is 8.73. The third kappa shape index (κ3) is 2.06. The second-order valence-corrected chi connectivity index (χ2v) is 5.97. The molecule has 0 saturated carbocycles. The van der Waals surface area contributed by atoms with E-state index in [2.05, 4.69) is 38.0 Å². The van der Waals surface area contributed by atoms with Gasteiger partial charge in [0.05, 0.1) is 13.2 Å². The molecular weight excluding hydrogens is 332 g/mol. The van der Waals surface area contributed by atoms with E-state index in [0.717, 1.165) is 40.0 Å². The molecule has 0 fully saturated rings. The summed E-state index contributed by atoms with van der Waals surface area (Å²) >= 11 is 3.56. The normalized spacial score (nSPS) is 13.4. The van der Waals surface area contributed by atoms with Gasteiger partial charge in [0.15, 0.2) is 5.65 Å². The lowest BCUT2D eigenvalue weighted by molar-refractivity contribution is 0.353. The van der Waals surface area contributed by atoms with Gasteiger partial charge >= 0.3 is 0 Å². The number of anilines is 1. The molecule has 6 heteroatoms. The molecule has 1 aromatic carbocycles. The predicted octanol–water partition coefficient (Wildman–Crippen LogP) is 2.76. The zero-order valence-corrected chi connectivity index (χ0v) is 12.8. The molecule has 5 nitrogen and oxygen atoms in total. The van der Waals surface area contributed by atoms with E-state index in [4.69, 9.17) is 10.5 Å². The number of fused-ring (bicyclic) bond motifs is 2. The maximum atomic E-state index is 6.04. The largest absolute Gasteiger partial charge is 0.493 e. The van der Waals surface area contributed by atoms with Crippen molar-refractivity contribution in [1.82, 2.24) is 14.5 Å². The van der Waals surface area contributed by atoms with Crippen molar-refractivity contribution in [2.45, 2.75) is 13.0 Å². The maximum absolute atomic E-state index is 6.04. The number of pyridine rings is 1. The fourth-order valence-electron chi connectivity index (χ4n) is 2.77. The van der Waals surface area contributed by atoms with Gasteiger partial charge in [-0.1, -0.05) is 15.9 Å². The molecule has 3 aromatic rings. The Balaban J connectivity index is 1.84. The van der Waals surface area contributed by atoms with E-state index in [-0.39, 0.29) is 0 Å². The van der Waals surface area contributed by atoms with Gasteiger partial charge in [0.25, 0.3) is 0 Å². The highest BCUT2D eigenvalue weighted by Crippen LogP contribution is 2.34. The van der Waals surface area contributed by atoms with Gasteiger partial charge in [0, 0.05) is 22.7 Å². The zero-order chi connectivity index (χ0) is 14.4. The van der Waals surface area contributed by atoms with E-state index < -0.39 is 0 Å². The minimum atomic E-state index is 0.468. The average molecular weight is 345 g/mol. The van der Waals surface area contributed by atoms with Crippen molar-refractivity contribution in [3.63, 3.8) is 0 Å². The summed E-state index contributed by atoms with van der Waals surface area (Å²) in [5.41, 5.74) is 9.97.